The number of hydrogen-bond acceptors (Lipinski definition) is 7. The molecule has 4 heterocycles. The number of benzene rings is 1. The molecule has 0 N–H and O–H groups in total. The molecule has 0 radical (unpaired) electrons. The standard InChI is InChI=1S/C22H21F3N6O2.2ClH/c1-32-18-7-6-16(31-20(22(23,24)25)27-28-29-31)11-17(18)15-12-21(33-13-15)8-4-10-30(14-21)19-5-2-3-9-26-19;;/h2-3,5-7,9,11-12H,4,8,10,13-14H2,1H3;2*1H. The summed E-state index contributed by atoms with van der Waals surface area (Å²) in [7, 11) is 1.52. The van der Waals surface area contributed by atoms with Crippen molar-refractivity contribution in [2.45, 2.75) is 24.6 Å². The van der Waals surface area contributed by atoms with Crippen LogP contribution in [0, 0.1) is 0 Å². The maximum atomic E-state index is 13.3. The Kier molecular flexibility index (Phi) is 7.93. The normalized spacial score (nSPS) is 19.7. The zero-order chi connectivity index (χ0) is 23.1. The van der Waals surface area contributed by atoms with E-state index in [2.05, 4.69) is 31.5 Å². The topological polar surface area (TPSA) is 78.2 Å². The minimum atomic E-state index is -4.68. The highest BCUT2D eigenvalue weighted by Gasteiger charge is 2.41. The first kappa shape index (κ1) is 26.7. The summed E-state index contributed by atoms with van der Waals surface area (Å²) in [6.07, 6.45) is 0.913. The molecule has 0 amide bonds. The summed E-state index contributed by atoms with van der Waals surface area (Å²) >= 11 is 0. The highest BCUT2D eigenvalue weighted by molar-refractivity contribution is 5.85. The van der Waals surface area contributed by atoms with Crippen LogP contribution in [0.25, 0.3) is 11.3 Å². The third-order valence-corrected chi connectivity index (χ3v) is 5.91. The fourth-order valence-electron chi connectivity index (χ4n) is 4.42. The van der Waals surface area contributed by atoms with Crippen LogP contribution in [0.1, 0.15) is 24.2 Å². The number of anilines is 1. The van der Waals surface area contributed by atoms with Gasteiger partial charge in [-0.1, -0.05) is 6.07 Å². The molecule has 8 nitrogen and oxygen atoms in total. The molecule has 1 fully saturated rings. The number of alkyl halides is 3. The molecule has 1 aromatic carbocycles. The Hall–Kier alpha value is -2.89. The number of ether oxygens (including phenoxy) is 2. The van der Waals surface area contributed by atoms with Crippen LogP contribution in [0.2, 0.25) is 0 Å². The van der Waals surface area contributed by atoms with Gasteiger partial charge in [-0.2, -0.15) is 17.9 Å². The highest BCUT2D eigenvalue weighted by Crippen LogP contribution is 2.40. The van der Waals surface area contributed by atoms with Gasteiger partial charge in [0.2, 0.25) is 0 Å². The van der Waals surface area contributed by atoms with Crippen molar-refractivity contribution in [1.82, 2.24) is 25.2 Å². The molecule has 35 heavy (non-hydrogen) atoms. The summed E-state index contributed by atoms with van der Waals surface area (Å²) in [4.78, 5) is 6.63. The summed E-state index contributed by atoms with van der Waals surface area (Å²) in [5.41, 5.74) is 1.17. The van der Waals surface area contributed by atoms with Gasteiger partial charge in [-0.05, 0) is 65.2 Å². The Balaban J connectivity index is 0.00000171. The lowest BCUT2D eigenvalue weighted by Gasteiger charge is -2.39. The average Bonchev–Trinajstić information content (AvgIpc) is 3.47. The van der Waals surface area contributed by atoms with Crippen molar-refractivity contribution in [2.24, 2.45) is 0 Å². The Labute approximate surface area is 211 Å². The monoisotopic (exact) mass is 530 g/mol. The first-order chi connectivity index (χ1) is 15.9. The van der Waals surface area contributed by atoms with E-state index < -0.39 is 17.6 Å². The van der Waals surface area contributed by atoms with Crippen LogP contribution in [0.5, 0.6) is 5.75 Å². The lowest BCUT2D eigenvalue weighted by Crippen LogP contribution is -2.47. The van der Waals surface area contributed by atoms with E-state index in [1.54, 1.807) is 18.3 Å². The van der Waals surface area contributed by atoms with Gasteiger partial charge in [-0.15, -0.1) is 29.9 Å². The predicted octanol–water partition coefficient (Wildman–Crippen LogP) is 4.38. The zero-order valence-corrected chi connectivity index (χ0v) is 20.2. The van der Waals surface area contributed by atoms with Gasteiger partial charge < -0.3 is 14.4 Å². The van der Waals surface area contributed by atoms with E-state index in [4.69, 9.17) is 9.47 Å². The van der Waals surface area contributed by atoms with Crippen molar-refractivity contribution in [3.8, 4) is 11.4 Å². The minimum absolute atomic E-state index is 0. The number of methoxy groups -OCH3 is 1. The van der Waals surface area contributed by atoms with Gasteiger partial charge in [0.15, 0.2) is 0 Å². The van der Waals surface area contributed by atoms with E-state index in [1.807, 2.05) is 18.2 Å². The number of halogens is 5. The number of tetrazole rings is 1. The van der Waals surface area contributed by atoms with Crippen molar-refractivity contribution in [3.63, 3.8) is 0 Å². The summed E-state index contributed by atoms with van der Waals surface area (Å²) in [6.45, 7) is 1.84. The van der Waals surface area contributed by atoms with Gasteiger partial charge in [0, 0.05) is 18.3 Å². The van der Waals surface area contributed by atoms with Gasteiger partial charge in [-0.25, -0.2) is 4.98 Å². The second-order valence-electron chi connectivity index (χ2n) is 8.03. The van der Waals surface area contributed by atoms with Crippen LogP contribution < -0.4 is 9.64 Å². The molecule has 1 unspecified atom stereocenters. The van der Waals surface area contributed by atoms with Gasteiger partial charge in [0.1, 0.15) is 17.2 Å². The van der Waals surface area contributed by atoms with Gasteiger partial charge in [0.05, 0.1) is 25.9 Å². The van der Waals surface area contributed by atoms with E-state index in [0.29, 0.717) is 29.1 Å². The molecule has 1 spiro atoms. The summed E-state index contributed by atoms with van der Waals surface area (Å²) in [5.74, 6) is 0.231. The lowest BCUT2D eigenvalue weighted by atomic mass is 9.91. The zero-order valence-electron chi connectivity index (χ0n) is 18.6. The first-order valence-electron chi connectivity index (χ1n) is 10.4. The maximum absolute atomic E-state index is 13.3. The molecular formula is C22H23Cl2F3N6O2. The Morgan fingerprint density at radius 1 is 1.14 bits per heavy atom. The van der Waals surface area contributed by atoms with E-state index in [9.17, 15) is 13.2 Å². The third-order valence-electron chi connectivity index (χ3n) is 5.91. The SMILES string of the molecule is COc1ccc(-n2nnnc2C(F)(F)F)cc1C1=CC2(CCCN(c3ccccn3)C2)OC1.Cl.Cl. The number of pyridine rings is 1. The van der Waals surface area contributed by atoms with Crippen LogP contribution in [-0.4, -0.2) is 57.6 Å². The van der Waals surface area contributed by atoms with Gasteiger partial charge >= 0.3 is 6.18 Å². The van der Waals surface area contributed by atoms with Crippen LogP contribution in [-0.2, 0) is 10.9 Å². The van der Waals surface area contributed by atoms with Crippen LogP contribution in [0.4, 0.5) is 19.0 Å². The summed E-state index contributed by atoms with van der Waals surface area (Å²) < 4.78 is 52.3. The number of rotatable bonds is 4. The average molecular weight is 531 g/mol. The predicted molar refractivity (Wildman–Crippen MR) is 128 cm³/mol. The third kappa shape index (κ3) is 5.21. The fourth-order valence-corrected chi connectivity index (χ4v) is 4.42. The number of aromatic nitrogens is 5. The van der Waals surface area contributed by atoms with Gasteiger partial charge in [0.25, 0.3) is 5.82 Å². The fraction of sp³-hybridized carbons (Fsp3) is 0.364. The van der Waals surface area contributed by atoms with Crippen molar-refractivity contribution >= 4 is 36.2 Å². The van der Waals surface area contributed by atoms with E-state index in [0.717, 1.165) is 30.8 Å². The second kappa shape index (κ2) is 10.4. The maximum Gasteiger partial charge on any atom is 0.453 e. The summed E-state index contributed by atoms with van der Waals surface area (Å²) in [5, 5.41) is 9.87. The van der Waals surface area contributed by atoms with Crippen LogP contribution >= 0.6 is 24.8 Å². The largest absolute Gasteiger partial charge is 0.496 e. The van der Waals surface area contributed by atoms with Crippen molar-refractivity contribution in [1.29, 1.82) is 0 Å². The molecule has 2 aliphatic rings. The Morgan fingerprint density at radius 2 is 1.97 bits per heavy atom. The molecule has 2 aliphatic heterocycles. The number of hydrogen-bond donors (Lipinski definition) is 0. The van der Waals surface area contributed by atoms with E-state index in [1.165, 1.54) is 13.2 Å². The molecule has 2 aromatic heterocycles. The molecule has 3 aromatic rings. The quantitative estimate of drug-likeness (QED) is 0.495. The molecule has 0 aliphatic carbocycles. The van der Waals surface area contributed by atoms with Crippen molar-refractivity contribution in [3.05, 3.63) is 60.1 Å². The smallest absolute Gasteiger partial charge is 0.453 e. The highest BCUT2D eigenvalue weighted by atomic mass is 35.5. The first-order valence-corrected chi connectivity index (χ1v) is 10.4. The van der Waals surface area contributed by atoms with Crippen LogP contribution in [0.15, 0.2) is 48.7 Å². The second-order valence-corrected chi connectivity index (χ2v) is 8.03. The number of nitrogens with zero attached hydrogens (tertiary/aromatic N) is 6. The van der Waals surface area contributed by atoms with E-state index in [-0.39, 0.29) is 30.5 Å². The molecule has 5 rings (SSSR count). The number of piperidine rings is 1. The molecule has 1 saturated heterocycles. The molecular weight excluding hydrogens is 508 g/mol. The van der Waals surface area contributed by atoms with Crippen LogP contribution in [0.3, 0.4) is 0 Å². The molecule has 188 valence electrons. The Morgan fingerprint density at radius 3 is 2.69 bits per heavy atom. The van der Waals surface area contributed by atoms with Crippen molar-refractivity contribution < 1.29 is 22.6 Å². The lowest BCUT2D eigenvalue weighted by molar-refractivity contribution is -0.146. The minimum Gasteiger partial charge on any atom is -0.496 e. The molecule has 0 bridgehead atoms. The molecule has 0 saturated carbocycles. The van der Waals surface area contributed by atoms with Crippen molar-refractivity contribution in [2.75, 3.05) is 31.7 Å². The molecule has 1 atom stereocenters. The molecule has 13 heteroatoms. The Bertz CT molecular complexity index is 1190. The summed E-state index contributed by atoms with van der Waals surface area (Å²) in [6, 6.07) is 10.5. The van der Waals surface area contributed by atoms with E-state index >= 15 is 0 Å². The van der Waals surface area contributed by atoms with Gasteiger partial charge in [-0.3, -0.25) is 0 Å².